The Hall–Kier alpha value is -5.73. The fourth-order valence-electron chi connectivity index (χ4n) is 12.1. The van der Waals surface area contributed by atoms with E-state index in [9.17, 15) is 69.3 Å². The Balaban J connectivity index is 1.02. The van der Waals surface area contributed by atoms with E-state index in [-0.39, 0.29) is 267 Å². The Bertz CT molecular complexity index is 3610. The van der Waals surface area contributed by atoms with Crippen molar-refractivity contribution in [2.24, 2.45) is 5.92 Å². The van der Waals surface area contributed by atoms with Crippen LogP contribution in [0.25, 0.3) is 0 Å². The standard InChI is InChI=1S/C72H123N15O32S5/c1-4-55(93)36-62(114-20-14-88)115-32-29-108-26-23-105-17-11-84-37-52(78-81-84)42-111-46-72(47-112-43-53-38-85(82-79-53)12-18-106-24-27-109-30-33-116-70-63(75-49(2)91)67(100)65(98)56(40-89)118-70,48-113-44-54-39-86(83-80-54)13-19-107-25-28-110-31-34-117-71-64(76-50(3)92)68(101)66(99)57(41-90)119-71)77-60(96)5-8-73-59(95)7-15-103-21-22-104-16-9-74-58(94)6-10-87-61(97)35-51(69(87)102)45-124(121,122)123-120/h37-39,51,55-57,62-68,70-71,88-90,93,98-101H,4-36,40-48H2,1-3H3,(H,73,95)(H,74,94)(H,75,91)(H,76,92)(H,77,96)(H,121,122)/t51?,55?,56?,57?,62-,63-,64-,65-,66-,67?,68?,70+,71+,72?/m1/s1. The largest absolute Gasteiger partial charge is 0.394 e. The van der Waals surface area contributed by atoms with Gasteiger partial charge in [-0.05, 0) is 43.9 Å². The maximum atomic E-state index is 14.2. The van der Waals surface area contributed by atoms with Crippen LogP contribution in [0.4, 0.5) is 0 Å². The lowest BCUT2D eigenvalue weighted by Crippen LogP contribution is -2.64. The van der Waals surface area contributed by atoms with Crippen LogP contribution in [0.15, 0.2) is 18.6 Å². The number of aliphatic hydroxyl groups is 8. The van der Waals surface area contributed by atoms with Crippen molar-refractivity contribution in [1.82, 2.24) is 76.5 Å². The predicted octanol–water partition coefficient (Wildman–Crippen LogP) is -7.47. The molecule has 3 saturated heterocycles. The lowest BCUT2D eigenvalue weighted by atomic mass is 9.97. The molecule has 3 aromatic heterocycles. The van der Waals surface area contributed by atoms with Crippen LogP contribution in [0.1, 0.15) is 76.4 Å². The number of aromatic nitrogens is 9. The molecule has 7 unspecified atom stereocenters. The quantitative estimate of drug-likeness (QED) is 0.00821. The van der Waals surface area contributed by atoms with Gasteiger partial charge in [0.25, 0.3) is 0 Å². The van der Waals surface area contributed by atoms with E-state index in [2.05, 4.69) is 69.2 Å². The van der Waals surface area contributed by atoms with Crippen LogP contribution in [0, 0.1) is 5.92 Å². The third-order valence-corrected chi connectivity index (χ3v) is 26.4. The highest BCUT2D eigenvalue weighted by molar-refractivity contribution is 8.96. The number of amides is 7. The molecule has 3 aromatic rings. The number of hydrogen-bond acceptors (Lipinski definition) is 40. The Morgan fingerprint density at radius 3 is 1.42 bits per heavy atom. The van der Waals surface area contributed by atoms with E-state index >= 15 is 0 Å². The van der Waals surface area contributed by atoms with Gasteiger partial charge in [0.05, 0.1) is 242 Å². The van der Waals surface area contributed by atoms with Crippen LogP contribution in [-0.4, -0.2) is 408 Å². The number of rotatable bonds is 70. The molecule has 52 heteroatoms. The van der Waals surface area contributed by atoms with Gasteiger partial charge in [0, 0.05) is 71.3 Å². The topological polar surface area (TPSA) is 594 Å². The molecule has 0 bridgehead atoms. The first kappa shape index (κ1) is 107. The summed E-state index contributed by atoms with van der Waals surface area (Å²) in [6.45, 7) is 5.69. The number of nitrogens with zero attached hydrogens (tertiary/aromatic N) is 10. The zero-order valence-corrected chi connectivity index (χ0v) is 74.0. The van der Waals surface area contributed by atoms with E-state index in [1.807, 2.05) is 6.92 Å². The molecule has 3 aliphatic heterocycles. The van der Waals surface area contributed by atoms with Crippen LogP contribution in [0.2, 0.25) is 0 Å². The smallest absolute Gasteiger partial charge is 0.233 e. The van der Waals surface area contributed by atoms with Crippen molar-refractivity contribution in [2.75, 3.05) is 197 Å². The molecule has 13 N–H and O–H groups in total. The van der Waals surface area contributed by atoms with Crippen molar-refractivity contribution < 1.29 is 155 Å². The Labute approximate surface area is 734 Å². The summed E-state index contributed by atoms with van der Waals surface area (Å²) in [6, 6.07) is -2.20. The van der Waals surface area contributed by atoms with E-state index in [1.165, 1.54) is 13.8 Å². The predicted molar refractivity (Wildman–Crippen MR) is 441 cm³/mol. The first-order valence-electron chi connectivity index (χ1n) is 40.6. The number of likely N-dealkylation sites (tertiary alicyclic amines) is 1. The highest BCUT2D eigenvalue weighted by Gasteiger charge is 2.47. The number of carbonyl (C=O) groups is 7. The van der Waals surface area contributed by atoms with E-state index in [1.54, 1.807) is 32.6 Å². The number of thiol groups is 1. The fourth-order valence-corrected chi connectivity index (χ4v) is 15.2. The average Bonchev–Trinajstić information content (AvgIpc) is 1.38. The van der Waals surface area contributed by atoms with Crippen LogP contribution < -0.4 is 26.6 Å². The molecule has 47 nitrogen and oxygen atoms in total. The second-order valence-electron chi connectivity index (χ2n) is 28.5. The van der Waals surface area contributed by atoms with Gasteiger partial charge in [0.2, 0.25) is 41.4 Å². The summed E-state index contributed by atoms with van der Waals surface area (Å²) in [7, 11) is 0.974. The first-order valence-corrected chi connectivity index (χ1v) is 46.6. The lowest BCUT2D eigenvalue weighted by molar-refractivity contribution is -0.272. The summed E-state index contributed by atoms with van der Waals surface area (Å²) < 4.78 is 103. The van der Waals surface area contributed by atoms with Crippen LogP contribution >= 0.6 is 11.7 Å². The zero-order chi connectivity index (χ0) is 89.9. The Morgan fingerprint density at radius 2 is 0.976 bits per heavy atom. The van der Waals surface area contributed by atoms with Crippen molar-refractivity contribution >= 4 is 90.4 Å². The summed E-state index contributed by atoms with van der Waals surface area (Å²) in [4.78, 5) is 89.8. The van der Waals surface area contributed by atoms with Crippen molar-refractivity contribution in [3.05, 3.63) is 35.7 Å². The van der Waals surface area contributed by atoms with Crippen molar-refractivity contribution in [1.29, 1.82) is 0 Å². The molecule has 3 fully saturated rings. The molecule has 124 heavy (non-hydrogen) atoms. The Morgan fingerprint density at radius 1 is 0.556 bits per heavy atom. The van der Waals surface area contributed by atoms with Gasteiger partial charge in [0.1, 0.15) is 71.3 Å². The molecule has 0 aromatic carbocycles. The molecular weight excluding hydrogens is 1750 g/mol. The van der Waals surface area contributed by atoms with Gasteiger partial charge in [-0.15, -0.1) is 27.0 Å². The van der Waals surface area contributed by atoms with Crippen molar-refractivity contribution in [3.63, 3.8) is 0 Å². The molecule has 14 atom stereocenters. The second-order valence-corrected chi connectivity index (χ2v) is 39.1. The van der Waals surface area contributed by atoms with Gasteiger partial charge >= 0.3 is 0 Å². The third kappa shape index (κ3) is 41.8. The van der Waals surface area contributed by atoms with Gasteiger partial charge in [-0.25, -0.2) is 14.0 Å². The summed E-state index contributed by atoms with van der Waals surface area (Å²) in [5.41, 5.74) is -0.232. The third-order valence-electron chi connectivity index (χ3n) is 18.4. The number of carbonyl (C=O) groups excluding carboxylic acids is 7. The molecule has 708 valence electrons. The number of hydrogen-bond donors (Lipinski definition) is 14. The summed E-state index contributed by atoms with van der Waals surface area (Å²) in [5.74, 6) is -3.45. The van der Waals surface area contributed by atoms with E-state index in [0.717, 1.165) is 13.8 Å². The lowest BCUT2D eigenvalue weighted by Gasteiger charge is -2.42. The van der Waals surface area contributed by atoms with Gasteiger partial charge in [-0.2, -0.15) is 0 Å². The van der Waals surface area contributed by atoms with Gasteiger partial charge in [-0.3, -0.25) is 38.5 Å². The fraction of sp³-hybridized carbons (Fsp3) is 0.819. The maximum Gasteiger partial charge on any atom is 0.233 e. The second kappa shape index (κ2) is 61.0. The molecular formula is C72H123N15O32S5. The molecule has 7 amide bonds. The highest BCUT2D eigenvalue weighted by atomic mass is 33.6. The molecule has 0 radical (unpaired) electrons. The monoisotopic (exact) mass is 1870 g/mol. The zero-order valence-electron chi connectivity index (χ0n) is 69.9. The molecule has 3 aliphatic rings. The van der Waals surface area contributed by atoms with Crippen LogP contribution in [0.3, 0.4) is 0 Å². The summed E-state index contributed by atoms with van der Waals surface area (Å²) >= 11 is 14.7. The highest BCUT2D eigenvalue weighted by Crippen LogP contribution is 2.26. The molecule has 6 heterocycles. The molecule has 0 saturated carbocycles. The van der Waals surface area contributed by atoms with Crippen LogP contribution in [0.5, 0.6) is 0 Å². The SMILES string of the molecule is CCC(O)C[C@H](OCCO)OCCOCCOCCn1cc(COCC(COCc2cn(CCOCCOCCO[C@H]3OC(CO)[C@@H](O)C(O)[C@H]3NC(C)=O)nn2)(COCc2cn(CCOCCOCCO[C@H]3OC(CO)[C@@H](O)C(O)[C@H]3NC(C)=O)nn2)NC(=O)CCNC(=O)CCOCCOCCNC(=O)CCN2C(=O)CC(CS(=S)(S)=S=S)C2=O)nn1. The molecule has 0 aliphatic carbocycles. The summed E-state index contributed by atoms with van der Waals surface area (Å²) in [5, 5.41) is 119. The van der Waals surface area contributed by atoms with Gasteiger partial charge in [0.15, 0.2) is 18.9 Å². The van der Waals surface area contributed by atoms with Gasteiger partial charge in [-0.1, -0.05) is 22.6 Å². The van der Waals surface area contributed by atoms with E-state index in [4.69, 9.17) is 108 Å². The van der Waals surface area contributed by atoms with Crippen LogP contribution in [-0.2, 0) is 191 Å². The molecule has 0 spiro atoms. The number of ether oxygens (including phenoxy) is 17. The maximum absolute atomic E-state index is 14.2. The van der Waals surface area contributed by atoms with E-state index in [0.29, 0.717) is 30.0 Å². The minimum Gasteiger partial charge on any atom is -0.394 e. The van der Waals surface area contributed by atoms with Crippen molar-refractivity contribution in [3.8, 4) is 0 Å². The minimum atomic E-state index is -1.98. The minimum absolute atomic E-state index is 0.00329. The number of aliphatic hydroxyl groups excluding tert-OH is 8. The first-order chi connectivity index (χ1) is 59.8. The number of nitrogens with one attached hydrogen (secondary N) is 5. The van der Waals surface area contributed by atoms with Gasteiger partial charge < -0.3 is 148 Å². The number of imide groups is 1. The average molecular weight is 1870 g/mol. The normalized spacial score (nSPS) is 21.9. The van der Waals surface area contributed by atoms with E-state index < -0.39 is 128 Å². The molecule has 6 rings (SSSR count). The van der Waals surface area contributed by atoms with Crippen molar-refractivity contribution in [2.45, 2.75) is 178 Å². The Kier molecular flexibility index (Phi) is 52.6. The summed E-state index contributed by atoms with van der Waals surface area (Å²) in [6.07, 6.45) is -8.37.